The average molecular weight is 189 g/mol. The second-order valence-electron chi connectivity index (χ2n) is 2.57. The molecule has 0 fully saturated rings. The van der Waals surface area contributed by atoms with E-state index in [-0.39, 0.29) is 11.3 Å². The van der Waals surface area contributed by atoms with Crippen LogP contribution in [-0.4, -0.2) is 7.11 Å². The molecule has 1 rings (SSSR count). The van der Waals surface area contributed by atoms with E-state index in [0.29, 0.717) is 0 Å². The summed E-state index contributed by atoms with van der Waals surface area (Å²) < 4.78 is 41.3. The summed E-state index contributed by atoms with van der Waals surface area (Å²) >= 11 is 0. The summed E-state index contributed by atoms with van der Waals surface area (Å²) in [4.78, 5) is 0. The second-order valence-corrected chi connectivity index (χ2v) is 2.57. The van der Waals surface area contributed by atoms with Crippen molar-refractivity contribution in [1.82, 2.24) is 0 Å². The van der Waals surface area contributed by atoms with Gasteiger partial charge in [-0.15, -0.1) is 0 Å². The van der Waals surface area contributed by atoms with Gasteiger partial charge in [-0.25, -0.2) is 0 Å². The summed E-state index contributed by atoms with van der Waals surface area (Å²) in [6.07, 6.45) is -4.35. The first-order chi connectivity index (χ1) is 5.93. The molecular weight excluding hydrogens is 181 g/mol. The van der Waals surface area contributed by atoms with Crippen LogP contribution >= 0.6 is 0 Å². The van der Waals surface area contributed by atoms with Gasteiger partial charge in [0.2, 0.25) is 0 Å². The highest BCUT2D eigenvalue weighted by atomic mass is 19.4. The monoisotopic (exact) mass is 189 g/mol. The fourth-order valence-corrected chi connectivity index (χ4v) is 0.942. The standard InChI is InChI=1S/C9H8F3O/c1-6-3-7(9(10,11)12)5-8(4-6)13-2/h3-5H,1H2,2H3. The van der Waals surface area contributed by atoms with Crippen LogP contribution in [-0.2, 0) is 6.18 Å². The number of benzene rings is 1. The maximum absolute atomic E-state index is 12.2. The SMILES string of the molecule is [CH2]c1cc(OC)cc(C(F)(F)F)c1. The molecule has 4 heteroatoms. The van der Waals surface area contributed by atoms with E-state index in [9.17, 15) is 13.2 Å². The van der Waals surface area contributed by atoms with Crippen LogP contribution in [0, 0.1) is 6.92 Å². The molecule has 71 valence electrons. The fraction of sp³-hybridized carbons (Fsp3) is 0.222. The van der Waals surface area contributed by atoms with Crippen LogP contribution in [0.3, 0.4) is 0 Å². The molecule has 0 atom stereocenters. The molecular formula is C9H8F3O. The highest BCUT2D eigenvalue weighted by Gasteiger charge is 2.30. The minimum absolute atomic E-state index is 0.167. The lowest BCUT2D eigenvalue weighted by Gasteiger charge is -2.09. The summed E-state index contributed by atoms with van der Waals surface area (Å²) in [7, 11) is 1.31. The molecule has 0 aromatic heterocycles. The third-order valence-corrected chi connectivity index (χ3v) is 1.53. The number of hydrogen-bond donors (Lipinski definition) is 0. The van der Waals surface area contributed by atoms with Crippen LogP contribution in [0.2, 0.25) is 0 Å². The van der Waals surface area contributed by atoms with Crippen molar-refractivity contribution >= 4 is 0 Å². The Morgan fingerprint density at radius 1 is 1.23 bits per heavy atom. The van der Waals surface area contributed by atoms with Crippen molar-refractivity contribution < 1.29 is 17.9 Å². The minimum atomic E-state index is -4.35. The minimum Gasteiger partial charge on any atom is -0.497 e. The molecule has 0 amide bonds. The van der Waals surface area contributed by atoms with E-state index in [0.717, 1.165) is 12.1 Å². The average Bonchev–Trinajstić information content (AvgIpc) is 2.01. The van der Waals surface area contributed by atoms with Crippen LogP contribution in [0.4, 0.5) is 13.2 Å². The zero-order valence-corrected chi connectivity index (χ0v) is 6.98. The van der Waals surface area contributed by atoms with Crippen molar-refractivity contribution in [1.29, 1.82) is 0 Å². The van der Waals surface area contributed by atoms with Gasteiger partial charge in [-0.1, -0.05) is 0 Å². The van der Waals surface area contributed by atoms with Crippen molar-refractivity contribution in [3.63, 3.8) is 0 Å². The Balaban J connectivity index is 3.16. The predicted molar refractivity (Wildman–Crippen MR) is 42.5 cm³/mol. The molecule has 0 aliphatic heterocycles. The summed E-state index contributed by atoms with van der Waals surface area (Å²) in [6.45, 7) is 3.42. The molecule has 0 aliphatic rings. The Morgan fingerprint density at radius 3 is 2.31 bits per heavy atom. The molecule has 1 nitrogen and oxygen atoms in total. The van der Waals surface area contributed by atoms with E-state index in [1.165, 1.54) is 13.2 Å². The lowest BCUT2D eigenvalue weighted by molar-refractivity contribution is -0.137. The van der Waals surface area contributed by atoms with E-state index in [2.05, 4.69) is 6.92 Å². The highest BCUT2D eigenvalue weighted by Crippen LogP contribution is 2.32. The van der Waals surface area contributed by atoms with E-state index < -0.39 is 11.7 Å². The number of methoxy groups -OCH3 is 1. The van der Waals surface area contributed by atoms with Crippen LogP contribution in [0.1, 0.15) is 11.1 Å². The van der Waals surface area contributed by atoms with Crippen LogP contribution in [0.15, 0.2) is 18.2 Å². The molecule has 0 N–H and O–H groups in total. The Kier molecular flexibility index (Phi) is 2.50. The molecule has 0 saturated carbocycles. The second kappa shape index (κ2) is 3.28. The smallest absolute Gasteiger partial charge is 0.416 e. The van der Waals surface area contributed by atoms with Gasteiger partial charge < -0.3 is 4.74 Å². The number of rotatable bonds is 1. The van der Waals surface area contributed by atoms with Gasteiger partial charge in [0.1, 0.15) is 5.75 Å². The molecule has 1 radical (unpaired) electrons. The topological polar surface area (TPSA) is 9.23 Å². The largest absolute Gasteiger partial charge is 0.497 e. The van der Waals surface area contributed by atoms with Crippen molar-refractivity contribution in [2.45, 2.75) is 6.18 Å². The first-order valence-corrected chi connectivity index (χ1v) is 3.51. The quantitative estimate of drug-likeness (QED) is 0.660. The molecule has 0 bridgehead atoms. The Morgan fingerprint density at radius 2 is 1.85 bits per heavy atom. The Bertz CT molecular complexity index is 304. The molecule has 0 aliphatic carbocycles. The molecule has 13 heavy (non-hydrogen) atoms. The van der Waals surface area contributed by atoms with Gasteiger partial charge in [0, 0.05) is 0 Å². The molecule has 0 unspecified atom stereocenters. The van der Waals surface area contributed by atoms with Gasteiger partial charge in [-0.05, 0) is 30.7 Å². The molecule has 0 saturated heterocycles. The van der Waals surface area contributed by atoms with Gasteiger partial charge in [-0.2, -0.15) is 13.2 Å². The van der Waals surface area contributed by atoms with E-state index in [1.54, 1.807) is 0 Å². The van der Waals surface area contributed by atoms with Crippen molar-refractivity contribution in [2.75, 3.05) is 7.11 Å². The summed E-state index contributed by atoms with van der Waals surface area (Å²) in [5.74, 6) is 0.167. The number of alkyl halides is 3. The lowest BCUT2D eigenvalue weighted by Crippen LogP contribution is -2.05. The number of halogens is 3. The van der Waals surface area contributed by atoms with Gasteiger partial charge in [-0.3, -0.25) is 0 Å². The maximum Gasteiger partial charge on any atom is 0.416 e. The van der Waals surface area contributed by atoms with Gasteiger partial charge >= 0.3 is 6.18 Å². The van der Waals surface area contributed by atoms with E-state index in [4.69, 9.17) is 4.74 Å². The zero-order valence-electron chi connectivity index (χ0n) is 6.98. The first-order valence-electron chi connectivity index (χ1n) is 3.51. The normalized spacial score (nSPS) is 11.5. The number of ether oxygens (including phenoxy) is 1. The van der Waals surface area contributed by atoms with E-state index >= 15 is 0 Å². The van der Waals surface area contributed by atoms with Crippen molar-refractivity contribution in [2.24, 2.45) is 0 Å². The first kappa shape index (κ1) is 9.89. The van der Waals surface area contributed by atoms with Gasteiger partial charge in [0.25, 0.3) is 0 Å². The third-order valence-electron chi connectivity index (χ3n) is 1.53. The summed E-state index contributed by atoms with van der Waals surface area (Å²) in [6, 6.07) is 3.35. The Hall–Kier alpha value is -1.19. The molecule has 1 aromatic carbocycles. The summed E-state index contributed by atoms with van der Waals surface area (Å²) in [5.41, 5.74) is -0.455. The van der Waals surface area contributed by atoms with Gasteiger partial charge in [0.15, 0.2) is 0 Å². The van der Waals surface area contributed by atoms with Crippen molar-refractivity contribution in [3.05, 3.63) is 36.2 Å². The van der Waals surface area contributed by atoms with Crippen LogP contribution < -0.4 is 4.74 Å². The van der Waals surface area contributed by atoms with Gasteiger partial charge in [0.05, 0.1) is 12.7 Å². The molecule has 0 heterocycles. The molecule has 0 spiro atoms. The Labute approximate surface area is 74.1 Å². The number of hydrogen-bond acceptors (Lipinski definition) is 1. The zero-order chi connectivity index (χ0) is 10.1. The predicted octanol–water partition coefficient (Wildman–Crippen LogP) is 2.90. The molecule has 1 aromatic rings. The van der Waals surface area contributed by atoms with Crippen molar-refractivity contribution in [3.8, 4) is 5.75 Å². The lowest BCUT2D eigenvalue weighted by atomic mass is 10.1. The fourth-order valence-electron chi connectivity index (χ4n) is 0.942. The van der Waals surface area contributed by atoms with E-state index in [1.807, 2.05) is 0 Å². The highest BCUT2D eigenvalue weighted by molar-refractivity contribution is 5.37. The maximum atomic E-state index is 12.2. The third kappa shape index (κ3) is 2.37. The van der Waals surface area contributed by atoms with Crippen LogP contribution in [0.5, 0.6) is 5.75 Å². The summed E-state index contributed by atoms with van der Waals surface area (Å²) in [5, 5.41) is 0. The van der Waals surface area contributed by atoms with Crippen LogP contribution in [0.25, 0.3) is 0 Å².